The van der Waals surface area contributed by atoms with Crippen LogP contribution in [0, 0.1) is 0 Å². The summed E-state index contributed by atoms with van der Waals surface area (Å²) in [7, 11) is 0. The highest BCUT2D eigenvalue weighted by Gasteiger charge is 2.20. The number of anilines is 3. The molecule has 114 valence electrons. The molecule has 1 heterocycles. The maximum atomic E-state index is 12.1. The van der Waals surface area contributed by atoms with E-state index in [-0.39, 0.29) is 23.8 Å². The van der Waals surface area contributed by atoms with E-state index in [1.54, 1.807) is 35.2 Å². The van der Waals surface area contributed by atoms with Crippen LogP contribution in [0.2, 0.25) is 0 Å². The molecule has 0 saturated carbocycles. The highest BCUT2D eigenvalue weighted by Crippen LogP contribution is 2.25. The molecule has 7 heteroatoms. The number of hydrogen-bond donors (Lipinski definition) is 3. The average molecular weight is 301 g/mol. The number of amides is 2. The van der Waals surface area contributed by atoms with Gasteiger partial charge in [-0.15, -0.1) is 0 Å². The molecule has 0 aliphatic heterocycles. The van der Waals surface area contributed by atoms with Crippen molar-refractivity contribution in [2.75, 3.05) is 16.1 Å². The van der Waals surface area contributed by atoms with Gasteiger partial charge in [0.05, 0.1) is 11.4 Å². The minimum absolute atomic E-state index is 0.0236. The quantitative estimate of drug-likeness (QED) is 0.338. The van der Waals surface area contributed by atoms with Gasteiger partial charge in [-0.05, 0) is 18.2 Å². The smallest absolute Gasteiger partial charge is 0.316 e. The van der Waals surface area contributed by atoms with E-state index in [1.807, 2.05) is 6.07 Å². The minimum Gasteiger partial charge on any atom is -0.397 e. The van der Waals surface area contributed by atoms with Gasteiger partial charge >= 0.3 is 5.91 Å². The Morgan fingerprint density at radius 1 is 1.27 bits per heavy atom. The molecule has 22 heavy (non-hydrogen) atoms. The summed E-state index contributed by atoms with van der Waals surface area (Å²) in [5.41, 5.74) is 6.65. The molecule has 4 N–H and O–H groups in total. The molecule has 0 spiro atoms. The highest BCUT2D eigenvalue weighted by atomic mass is 16.5. The third kappa shape index (κ3) is 3.80. The van der Waals surface area contributed by atoms with E-state index in [1.165, 1.54) is 19.1 Å². The number of nitrogens with one attached hydrogen (secondary N) is 1. The van der Waals surface area contributed by atoms with Crippen molar-refractivity contribution in [1.82, 2.24) is 0 Å². The average Bonchev–Trinajstić information content (AvgIpc) is 2.47. The fraction of sp³-hybridized carbons (Fsp3) is 0.133. The SMILES string of the molecule is CC(=O)Nc1ccc(N(O)C(=O)C[n+]2ccccc2)c(N)c1. The van der Waals surface area contributed by atoms with Crippen LogP contribution in [0.1, 0.15) is 6.92 Å². The Labute approximate surface area is 127 Å². The first-order valence-electron chi connectivity index (χ1n) is 6.60. The Hall–Kier alpha value is -2.93. The molecule has 2 rings (SSSR count). The number of pyridine rings is 1. The second-order valence-electron chi connectivity index (χ2n) is 4.71. The molecule has 0 aliphatic carbocycles. The lowest BCUT2D eigenvalue weighted by Gasteiger charge is -2.16. The molecule has 0 aliphatic rings. The minimum atomic E-state index is -0.532. The third-order valence-corrected chi connectivity index (χ3v) is 2.91. The summed E-state index contributed by atoms with van der Waals surface area (Å²) in [6.07, 6.45) is 3.43. The van der Waals surface area contributed by atoms with Crippen molar-refractivity contribution in [2.45, 2.75) is 13.5 Å². The number of carbonyl (C=O) groups excluding carboxylic acids is 2. The van der Waals surface area contributed by atoms with Crippen LogP contribution in [0.15, 0.2) is 48.8 Å². The number of benzene rings is 1. The van der Waals surface area contributed by atoms with Crippen molar-refractivity contribution in [1.29, 1.82) is 0 Å². The van der Waals surface area contributed by atoms with Crippen molar-refractivity contribution in [3.05, 3.63) is 48.8 Å². The van der Waals surface area contributed by atoms with Gasteiger partial charge < -0.3 is 11.1 Å². The molecule has 0 saturated heterocycles. The maximum absolute atomic E-state index is 12.1. The largest absolute Gasteiger partial charge is 0.397 e. The number of hydroxylamine groups is 1. The fourth-order valence-corrected chi connectivity index (χ4v) is 1.93. The maximum Gasteiger partial charge on any atom is 0.316 e. The molecule has 7 nitrogen and oxygen atoms in total. The summed E-state index contributed by atoms with van der Waals surface area (Å²) in [6.45, 7) is 1.35. The second kappa shape index (κ2) is 6.68. The van der Waals surface area contributed by atoms with Gasteiger partial charge in [0.25, 0.3) is 0 Å². The molecule has 2 aromatic rings. The summed E-state index contributed by atoms with van der Waals surface area (Å²) in [5, 5.41) is 13.1. The monoisotopic (exact) mass is 301 g/mol. The lowest BCUT2D eigenvalue weighted by Crippen LogP contribution is -2.43. The summed E-state index contributed by atoms with van der Waals surface area (Å²) in [6, 6.07) is 9.89. The van der Waals surface area contributed by atoms with E-state index >= 15 is 0 Å². The van der Waals surface area contributed by atoms with E-state index in [9.17, 15) is 14.8 Å². The van der Waals surface area contributed by atoms with Crippen LogP contribution >= 0.6 is 0 Å². The van der Waals surface area contributed by atoms with E-state index in [4.69, 9.17) is 5.73 Å². The Kier molecular flexibility index (Phi) is 4.70. The van der Waals surface area contributed by atoms with Gasteiger partial charge in [0.15, 0.2) is 12.4 Å². The van der Waals surface area contributed by atoms with Crippen LogP contribution in [0.4, 0.5) is 17.1 Å². The first-order valence-corrected chi connectivity index (χ1v) is 6.60. The standard InChI is InChI=1S/C15H16N4O3/c1-11(20)17-12-5-6-14(13(16)9-12)19(22)15(21)10-18-7-3-2-4-8-18/h2-9,22H,10,16H2,1H3/p+1. The number of aromatic nitrogens is 1. The predicted octanol–water partition coefficient (Wildman–Crippen LogP) is 0.937. The van der Waals surface area contributed by atoms with E-state index in [0.717, 1.165) is 0 Å². The molecule has 0 atom stereocenters. The molecule has 0 bridgehead atoms. The van der Waals surface area contributed by atoms with Crippen LogP contribution < -0.4 is 20.7 Å². The molecule has 2 amide bonds. The van der Waals surface area contributed by atoms with Crippen molar-refractivity contribution in [2.24, 2.45) is 0 Å². The van der Waals surface area contributed by atoms with Gasteiger partial charge in [0.2, 0.25) is 12.5 Å². The van der Waals surface area contributed by atoms with Crippen LogP contribution in [0.25, 0.3) is 0 Å². The molecule has 0 radical (unpaired) electrons. The zero-order chi connectivity index (χ0) is 16.1. The predicted molar refractivity (Wildman–Crippen MR) is 81.1 cm³/mol. The van der Waals surface area contributed by atoms with Crippen LogP contribution in [-0.2, 0) is 16.1 Å². The lowest BCUT2D eigenvalue weighted by molar-refractivity contribution is -0.684. The van der Waals surface area contributed by atoms with Gasteiger partial charge in [-0.1, -0.05) is 6.07 Å². The van der Waals surface area contributed by atoms with E-state index in [2.05, 4.69) is 5.32 Å². The topological polar surface area (TPSA) is 99.5 Å². The van der Waals surface area contributed by atoms with Gasteiger partial charge in [-0.3, -0.25) is 14.8 Å². The molecule has 1 aromatic carbocycles. The first-order chi connectivity index (χ1) is 10.5. The number of hydrogen-bond acceptors (Lipinski definition) is 4. The zero-order valence-electron chi connectivity index (χ0n) is 12.1. The lowest BCUT2D eigenvalue weighted by atomic mass is 10.2. The summed E-state index contributed by atoms with van der Waals surface area (Å²) in [4.78, 5) is 23.0. The Bertz CT molecular complexity index is 688. The Balaban J connectivity index is 2.13. The molecular weight excluding hydrogens is 284 g/mol. The fourth-order valence-electron chi connectivity index (χ4n) is 1.93. The van der Waals surface area contributed by atoms with Crippen molar-refractivity contribution < 1.29 is 19.4 Å². The highest BCUT2D eigenvalue weighted by molar-refractivity contribution is 5.95. The summed E-state index contributed by atoms with van der Waals surface area (Å²) < 4.78 is 1.63. The van der Waals surface area contributed by atoms with Gasteiger partial charge in [-0.2, -0.15) is 9.63 Å². The first kappa shape index (κ1) is 15.5. The van der Waals surface area contributed by atoms with Crippen LogP contribution in [0.3, 0.4) is 0 Å². The summed E-state index contributed by atoms with van der Waals surface area (Å²) >= 11 is 0. The number of nitrogen functional groups attached to an aromatic ring is 1. The summed E-state index contributed by atoms with van der Waals surface area (Å²) in [5.74, 6) is -0.764. The second-order valence-corrected chi connectivity index (χ2v) is 4.71. The van der Waals surface area contributed by atoms with Gasteiger partial charge in [0, 0.05) is 24.7 Å². The molecule has 0 fully saturated rings. The van der Waals surface area contributed by atoms with E-state index in [0.29, 0.717) is 10.8 Å². The van der Waals surface area contributed by atoms with Crippen LogP contribution in [-0.4, -0.2) is 17.0 Å². The van der Waals surface area contributed by atoms with Crippen molar-refractivity contribution >= 4 is 28.9 Å². The zero-order valence-corrected chi connectivity index (χ0v) is 12.1. The molecule has 1 aromatic heterocycles. The normalized spacial score (nSPS) is 10.1. The molecule has 0 unspecified atom stereocenters. The Morgan fingerprint density at radius 3 is 2.55 bits per heavy atom. The van der Waals surface area contributed by atoms with Crippen molar-refractivity contribution in [3.63, 3.8) is 0 Å². The van der Waals surface area contributed by atoms with Crippen molar-refractivity contribution in [3.8, 4) is 0 Å². The number of nitrogens with zero attached hydrogens (tertiary/aromatic N) is 2. The van der Waals surface area contributed by atoms with Gasteiger partial charge in [-0.25, -0.2) is 0 Å². The number of nitrogens with two attached hydrogens (primary N) is 1. The van der Waals surface area contributed by atoms with E-state index < -0.39 is 5.91 Å². The Morgan fingerprint density at radius 2 is 1.95 bits per heavy atom. The molecular formula is C15H17N4O3+. The third-order valence-electron chi connectivity index (χ3n) is 2.91. The van der Waals surface area contributed by atoms with Gasteiger partial charge in [0.1, 0.15) is 0 Å². The number of carbonyl (C=O) groups is 2. The van der Waals surface area contributed by atoms with Crippen LogP contribution in [0.5, 0.6) is 0 Å². The number of rotatable bonds is 4.